The van der Waals surface area contributed by atoms with E-state index in [1.165, 1.54) is 0 Å². The lowest BCUT2D eigenvalue weighted by Crippen LogP contribution is -2.08. The summed E-state index contributed by atoms with van der Waals surface area (Å²) in [4.78, 5) is 0. The van der Waals surface area contributed by atoms with Crippen molar-refractivity contribution in [2.75, 3.05) is 0 Å². The zero-order valence-corrected chi connectivity index (χ0v) is 9.19. The number of hydrogen-bond acceptors (Lipinski definition) is 1. The molecular weight excluding hydrogens is 237 g/mol. The molecular formula is C9H11BrClN. The van der Waals surface area contributed by atoms with Gasteiger partial charge in [-0.25, -0.2) is 0 Å². The second-order valence-corrected chi connectivity index (χ2v) is 4.00. The van der Waals surface area contributed by atoms with Gasteiger partial charge in [-0.1, -0.05) is 34.5 Å². The number of nitrogens with two attached hydrogens (primary N) is 1. The summed E-state index contributed by atoms with van der Waals surface area (Å²) in [7, 11) is 0. The summed E-state index contributed by atoms with van der Waals surface area (Å²) in [6.45, 7) is 2.04. The molecule has 0 bridgehead atoms. The normalized spacial score (nSPS) is 13.0. The van der Waals surface area contributed by atoms with Gasteiger partial charge in [-0.15, -0.1) is 0 Å². The van der Waals surface area contributed by atoms with Crippen LogP contribution < -0.4 is 5.73 Å². The topological polar surface area (TPSA) is 26.0 Å². The van der Waals surface area contributed by atoms with E-state index in [4.69, 9.17) is 17.3 Å². The van der Waals surface area contributed by atoms with Gasteiger partial charge in [-0.3, -0.25) is 0 Å². The molecule has 0 unspecified atom stereocenters. The van der Waals surface area contributed by atoms with Crippen LogP contribution in [0, 0.1) is 0 Å². The Kier molecular flexibility index (Phi) is 3.56. The second-order valence-electron chi connectivity index (χ2n) is 2.68. The molecule has 0 saturated carbocycles. The Bertz CT molecular complexity index is 275. The van der Waals surface area contributed by atoms with Gasteiger partial charge in [0.2, 0.25) is 0 Å². The van der Waals surface area contributed by atoms with Crippen LogP contribution >= 0.6 is 27.5 Å². The van der Waals surface area contributed by atoms with Gasteiger partial charge in [0.05, 0.1) is 0 Å². The first-order valence-electron chi connectivity index (χ1n) is 3.85. The first-order valence-corrected chi connectivity index (χ1v) is 5.02. The molecule has 0 radical (unpaired) electrons. The SMILES string of the molecule is CC[C@@H](N)c1cc(Br)ccc1Cl. The summed E-state index contributed by atoms with van der Waals surface area (Å²) < 4.78 is 1.02. The quantitative estimate of drug-likeness (QED) is 0.851. The van der Waals surface area contributed by atoms with Crippen LogP contribution in [0.25, 0.3) is 0 Å². The second kappa shape index (κ2) is 4.26. The molecule has 0 fully saturated rings. The van der Waals surface area contributed by atoms with E-state index in [1.54, 1.807) is 0 Å². The van der Waals surface area contributed by atoms with Gasteiger partial charge in [0.15, 0.2) is 0 Å². The smallest absolute Gasteiger partial charge is 0.0454 e. The standard InChI is InChI=1S/C9H11BrClN/c1-2-9(12)7-5-6(10)3-4-8(7)11/h3-5,9H,2,12H2,1H3/t9-/m1/s1. The van der Waals surface area contributed by atoms with Gasteiger partial charge in [-0.05, 0) is 30.2 Å². The van der Waals surface area contributed by atoms with Crippen LogP contribution in [0.4, 0.5) is 0 Å². The summed E-state index contributed by atoms with van der Waals surface area (Å²) in [5.41, 5.74) is 6.87. The maximum Gasteiger partial charge on any atom is 0.0454 e. The van der Waals surface area contributed by atoms with Crippen LogP contribution in [0.15, 0.2) is 22.7 Å². The molecule has 0 saturated heterocycles. The van der Waals surface area contributed by atoms with Crippen LogP contribution in [0.3, 0.4) is 0 Å². The van der Waals surface area contributed by atoms with Gasteiger partial charge in [0, 0.05) is 15.5 Å². The molecule has 1 atom stereocenters. The van der Waals surface area contributed by atoms with E-state index in [9.17, 15) is 0 Å². The third kappa shape index (κ3) is 2.22. The highest BCUT2D eigenvalue weighted by Crippen LogP contribution is 2.26. The molecule has 1 nitrogen and oxygen atoms in total. The number of rotatable bonds is 2. The predicted octanol–water partition coefficient (Wildman–Crippen LogP) is 3.51. The van der Waals surface area contributed by atoms with E-state index >= 15 is 0 Å². The monoisotopic (exact) mass is 247 g/mol. The molecule has 66 valence electrons. The first-order chi connectivity index (χ1) is 5.65. The van der Waals surface area contributed by atoms with Gasteiger partial charge in [-0.2, -0.15) is 0 Å². The summed E-state index contributed by atoms with van der Waals surface area (Å²) in [6.07, 6.45) is 0.899. The Morgan fingerprint density at radius 3 is 2.83 bits per heavy atom. The Labute approximate surface area is 86.0 Å². The van der Waals surface area contributed by atoms with Crippen molar-refractivity contribution in [2.24, 2.45) is 5.73 Å². The zero-order chi connectivity index (χ0) is 9.14. The molecule has 0 aromatic heterocycles. The largest absolute Gasteiger partial charge is 0.324 e. The van der Waals surface area contributed by atoms with E-state index in [0.717, 1.165) is 21.5 Å². The molecule has 0 aliphatic rings. The van der Waals surface area contributed by atoms with Crippen LogP contribution in [-0.4, -0.2) is 0 Å². The van der Waals surface area contributed by atoms with Crippen molar-refractivity contribution in [3.8, 4) is 0 Å². The fourth-order valence-electron chi connectivity index (χ4n) is 1.02. The Morgan fingerprint density at radius 2 is 2.25 bits per heavy atom. The van der Waals surface area contributed by atoms with Crippen molar-refractivity contribution in [3.63, 3.8) is 0 Å². The van der Waals surface area contributed by atoms with Gasteiger partial charge < -0.3 is 5.73 Å². The molecule has 0 heterocycles. The predicted molar refractivity (Wildman–Crippen MR) is 56.4 cm³/mol. The molecule has 1 aromatic rings. The highest BCUT2D eigenvalue weighted by Gasteiger charge is 2.07. The van der Waals surface area contributed by atoms with E-state index in [2.05, 4.69) is 15.9 Å². The van der Waals surface area contributed by atoms with E-state index in [0.29, 0.717) is 0 Å². The summed E-state index contributed by atoms with van der Waals surface area (Å²) in [6, 6.07) is 5.77. The lowest BCUT2D eigenvalue weighted by atomic mass is 10.1. The molecule has 2 N–H and O–H groups in total. The lowest BCUT2D eigenvalue weighted by molar-refractivity contribution is 0.698. The molecule has 0 amide bonds. The highest BCUT2D eigenvalue weighted by atomic mass is 79.9. The average molecular weight is 249 g/mol. The molecule has 12 heavy (non-hydrogen) atoms. The van der Waals surface area contributed by atoms with Crippen molar-refractivity contribution >= 4 is 27.5 Å². The third-order valence-electron chi connectivity index (χ3n) is 1.80. The van der Waals surface area contributed by atoms with E-state index in [1.807, 2.05) is 25.1 Å². The summed E-state index contributed by atoms with van der Waals surface area (Å²) >= 11 is 9.35. The lowest BCUT2D eigenvalue weighted by Gasteiger charge is -2.11. The number of halogens is 2. The maximum absolute atomic E-state index is 5.97. The van der Waals surface area contributed by atoms with Crippen LogP contribution in [-0.2, 0) is 0 Å². The fourth-order valence-corrected chi connectivity index (χ4v) is 1.66. The zero-order valence-electron chi connectivity index (χ0n) is 6.85. The van der Waals surface area contributed by atoms with Crippen molar-refractivity contribution in [1.82, 2.24) is 0 Å². The Morgan fingerprint density at radius 1 is 1.58 bits per heavy atom. The minimum atomic E-state index is 0.0370. The minimum absolute atomic E-state index is 0.0370. The summed E-state index contributed by atoms with van der Waals surface area (Å²) in [5.74, 6) is 0. The average Bonchev–Trinajstić information content (AvgIpc) is 2.08. The first kappa shape index (κ1) is 10.0. The molecule has 0 spiro atoms. The Balaban J connectivity index is 3.04. The van der Waals surface area contributed by atoms with Gasteiger partial charge >= 0.3 is 0 Å². The highest BCUT2D eigenvalue weighted by molar-refractivity contribution is 9.10. The molecule has 3 heteroatoms. The minimum Gasteiger partial charge on any atom is -0.324 e. The summed E-state index contributed by atoms with van der Waals surface area (Å²) in [5, 5.41) is 0.743. The number of hydrogen-bond donors (Lipinski definition) is 1. The molecule has 0 aliphatic carbocycles. The van der Waals surface area contributed by atoms with E-state index in [-0.39, 0.29) is 6.04 Å². The van der Waals surface area contributed by atoms with Crippen molar-refractivity contribution in [3.05, 3.63) is 33.3 Å². The van der Waals surface area contributed by atoms with Gasteiger partial charge in [0.25, 0.3) is 0 Å². The van der Waals surface area contributed by atoms with Crippen LogP contribution in [0.5, 0.6) is 0 Å². The fraction of sp³-hybridized carbons (Fsp3) is 0.333. The molecule has 0 aliphatic heterocycles. The molecule has 1 aromatic carbocycles. The maximum atomic E-state index is 5.97. The van der Waals surface area contributed by atoms with Gasteiger partial charge in [0.1, 0.15) is 0 Å². The van der Waals surface area contributed by atoms with Crippen LogP contribution in [0.2, 0.25) is 5.02 Å². The molecule has 1 rings (SSSR count). The van der Waals surface area contributed by atoms with E-state index < -0.39 is 0 Å². The van der Waals surface area contributed by atoms with Crippen molar-refractivity contribution in [2.45, 2.75) is 19.4 Å². The van der Waals surface area contributed by atoms with Crippen molar-refractivity contribution < 1.29 is 0 Å². The van der Waals surface area contributed by atoms with Crippen molar-refractivity contribution in [1.29, 1.82) is 0 Å². The Hall–Kier alpha value is -0.0500. The number of benzene rings is 1. The van der Waals surface area contributed by atoms with Crippen LogP contribution in [0.1, 0.15) is 24.9 Å². The third-order valence-corrected chi connectivity index (χ3v) is 2.63.